The fourth-order valence-corrected chi connectivity index (χ4v) is 5.06. The predicted molar refractivity (Wildman–Crippen MR) is 139 cm³/mol. The fourth-order valence-electron chi connectivity index (χ4n) is 3.36. The van der Waals surface area contributed by atoms with Crippen LogP contribution in [0.5, 0.6) is 0 Å². The number of carbonyl (C=O) groups excluding carboxylic acids is 2. The van der Waals surface area contributed by atoms with E-state index < -0.39 is 84.0 Å². The molecule has 0 fully saturated rings. The lowest BCUT2D eigenvalue weighted by Gasteiger charge is -2.33. The molecule has 286 valence electrons. The third-order valence-electron chi connectivity index (χ3n) is 6.24. The van der Waals surface area contributed by atoms with Crippen LogP contribution in [0.1, 0.15) is 51.4 Å². The van der Waals surface area contributed by atoms with Crippen LogP contribution in [0, 0.1) is 0 Å². The van der Waals surface area contributed by atoms with Gasteiger partial charge in [0.15, 0.2) is 0 Å². The van der Waals surface area contributed by atoms with E-state index in [4.69, 9.17) is 0 Å². The van der Waals surface area contributed by atoms with E-state index in [1.807, 2.05) is 0 Å². The first-order valence-corrected chi connectivity index (χ1v) is 15.9. The van der Waals surface area contributed by atoms with E-state index in [9.17, 15) is 88.6 Å². The summed E-state index contributed by atoms with van der Waals surface area (Å²) in [5, 5.41) is 4.68. The standard InChI is InChI=1S/C24H30F18N2O2S2/c25-17(26,19(29,30)21(33,34)23(37,38)39)7-11-47-13-9-43-15(45)5-3-1-2-4-6-16(46)44-10-14-48-12-8-18(27,28)20(31,32)22(35,36)24(40,41)42/h1-14H2,(H,43,45)(H,44,46). The second kappa shape index (κ2) is 18.0. The van der Waals surface area contributed by atoms with Crippen LogP contribution in [-0.4, -0.2) is 95.8 Å². The largest absolute Gasteiger partial charge is 0.460 e. The van der Waals surface area contributed by atoms with Gasteiger partial charge in [0.1, 0.15) is 0 Å². The summed E-state index contributed by atoms with van der Waals surface area (Å²) in [4.78, 5) is 23.5. The van der Waals surface area contributed by atoms with Gasteiger partial charge in [-0.2, -0.15) is 103 Å². The summed E-state index contributed by atoms with van der Waals surface area (Å²) in [5.41, 5.74) is 0. The van der Waals surface area contributed by atoms with Gasteiger partial charge < -0.3 is 10.6 Å². The number of hydrogen-bond donors (Lipinski definition) is 2. The number of halogens is 18. The van der Waals surface area contributed by atoms with Crippen molar-refractivity contribution >= 4 is 35.3 Å². The van der Waals surface area contributed by atoms with Gasteiger partial charge in [0.2, 0.25) is 11.8 Å². The van der Waals surface area contributed by atoms with E-state index in [2.05, 4.69) is 10.6 Å². The van der Waals surface area contributed by atoms with Crippen LogP contribution in [0.2, 0.25) is 0 Å². The zero-order valence-corrected chi connectivity index (χ0v) is 26.0. The molecule has 2 N–H and O–H groups in total. The molecule has 0 saturated carbocycles. The highest BCUT2D eigenvalue weighted by atomic mass is 32.2. The van der Waals surface area contributed by atoms with Crippen LogP contribution < -0.4 is 10.6 Å². The van der Waals surface area contributed by atoms with E-state index in [0.29, 0.717) is 49.2 Å². The first-order chi connectivity index (χ1) is 21.5. The second-order valence-corrected chi connectivity index (χ2v) is 12.5. The number of rotatable bonds is 23. The normalized spacial score (nSPS) is 14.3. The Bertz CT molecular complexity index is 928. The van der Waals surface area contributed by atoms with E-state index in [1.165, 1.54) is 0 Å². The van der Waals surface area contributed by atoms with Gasteiger partial charge in [0.05, 0.1) is 0 Å². The van der Waals surface area contributed by atoms with Crippen molar-refractivity contribution in [2.24, 2.45) is 0 Å². The minimum atomic E-state index is -6.96. The second-order valence-electron chi connectivity index (χ2n) is 10.0. The molecule has 2 amide bonds. The van der Waals surface area contributed by atoms with Gasteiger partial charge >= 0.3 is 47.9 Å². The predicted octanol–water partition coefficient (Wildman–Crippen LogP) is 8.74. The van der Waals surface area contributed by atoms with E-state index >= 15 is 0 Å². The Morgan fingerprint density at radius 3 is 0.979 bits per heavy atom. The van der Waals surface area contributed by atoms with Crippen molar-refractivity contribution in [2.45, 2.75) is 99.3 Å². The van der Waals surface area contributed by atoms with Crippen LogP contribution in [0.4, 0.5) is 79.0 Å². The Morgan fingerprint density at radius 1 is 0.417 bits per heavy atom. The summed E-state index contributed by atoms with van der Waals surface area (Å²) in [6, 6.07) is 0. The molecular formula is C24H30F18N2O2S2. The van der Waals surface area contributed by atoms with Gasteiger partial charge in [-0.3, -0.25) is 9.59 Å². The minimum absolute atomic E-state index is 0.0241. The minimum Gasteiger partial charge on any atom is -0.355 e. The van der Waals surface area contributed by atoms with Crippen molar-refractivity contribution in [2.75, 3.05) is 36.1 Å². The number of unbranched alkanes of at least 4 members (excludes halogenated alkanes) is 3. The number of hydrogen-bond acceptors (Lipinski definition) is 4. The molecule has 0 aromatic heterocycles. The topological polar surface area (TPSA) is 58.2 Å². The number of alkyl halides is 18. The summed E-state index contributed by atoms with van der Waals surface area (Å²) >= 11 is 0.993. The Labute approximate surface area is 270 Å². The van der Waals surface area contributed by atoms with Gasteiger partial charge in [0, 0.05) is 50.3 Å². The summed E-state index contributed by atoms with van der Waals surface area (Å²) in [6.07, 6.45) is -16.3. The first-order valence-electron chi connectivity index (χ1n) is 13.6. The van der Waals surface area contributed by atoms with Crippen molar-refractivity contribution in [3.8, 4) is 0 Å². The van der Waals surface area contributed by atoms with Crippen molar-refractivity contribution < 1.29 is 88.6 Å². The maximum Gasteiger partial charge on any atom is 0.460 e. The maximum absolute atomic E-state index is 13.4. The molecule has 0 radical (unpaired) electrons. The molecule has 0 saturated heterocycles. The highest BCUT2D eigenvalue weighted by Crippen LogP contribution is 2.55. The molecule has 0 rings (SSSR count). The van der Waals surface area contributed by atoms with Crippen LogP contribution in [0.25, 0.3) is 0 Å². The number of nitrogens with one attached hydrogen (secondary N) is 2. The van der Waals surface area contributed by atoms with Gasteiger partial charge in [0.25, 0.3) is 0 Å². The molecule has 24 heteroatoms. The number of amides is 2. The van der Waals surface area contributed by atoms with Crippen molar-refractivity contribution in [1.82, 2.24) is 10.6 Å². The summed E-state index contributed by atoms with van der Waals surface area (Å²) < 4.78 is 230. The Morgan fingerprint density at radius 2 is 0.708 bits per heavy atom. The average molecular weight is 785 g/mol. The lowest BCUT2D eigenvalue weighted by Crippen LogP contribution is -2.60. The first kappa shape index (κ1) is 46.4. The molecular weight excluding hydrogens is 754 g/mol. The quantitative estimate of drug-likeness (QED) is 0.0805. The van der Waals surface area contributed by atoms with Crippen LogP contribution in [0.3, 0.4) is 0 Å². The molecule has 0 aliphatic rings. The Hall–Kier alpha value is -1.62. The van der Waals surface area contributed by atoms with Crippen molar-refractivity contribution in [3.05, 3.63) is 0 Å². The van der Waals surface area contributed by atoms with Crippen LogP contribution in [-0.2, 0) is 9.59 Å². The zero-order valence-electron chi connectivity index (χ0n) is 24.3. The van der Waals surface area contributed by atoms with Crippen molar-refractivity contribution in [1.29, 1.82) is 0 Å². The van der Waals surface area contributed by atoms with Gasteiger partial charge in [-0.05, 0) is 24.3 Å². The number of thioether (sulfide) groups is 2. The third kappa shape index (κ3) is 12.6. The molecule has 0 bridgehead atoms. The van der Waals surface area contributed by atoms with E-state index in [-0.39, 0.29) is 37.4 Å². The number of carbonyl (C=O) groups is 2. The Balaban J connectivity index is 4.05. The van der Waals surface area contributed by atoms with Gasteiger partial charge in [-0.1, -0.05) is 12.8 Å². The lowest BCUT2D eigenvalue weighted by molar-refractivity contribution is -0.396. The summed E-state index contributed by atoms with van der Waals surface area (Å²) in [7, 11) is 0. The molecule has 0 aliphatic heterocycles. The average Bonchev–Trinajstić information content (AvgIpc) is 2.92. The zero-order chi connectivity index (χ0) is 37.9. The van der Waals surface area contributed by atoms with Crippen LogP contribution >= 0.6 is 23.5 Å². The third-order valence-corrected chi connectivity index (χ3v) is 8.21. The SMILES string of the molecule is O=C(CCCCCCC(=O)NCCSCCC(F)(F)C(F)(F)C(F)(F)C(F)(F)F)NCCSCCC(F)(F)C(F)(F)C(F)(F)C(F)(F)F. The molecule has 0 aromatic carbocycles. The molecule has 0 aliphatic carbocycles. The van der Waals surface area contributed by atoms with E-state index in [0.717, 1.165) is 0 Å². The highest BCUT2D eigenvalue weighted by Gasteiger charge is 2.82. The molecule has 48 heavy (non-hydrogen) atoms. The maximum atomic E-state index is 13.4. The molecule has 0 unspecified atom stereocenters. The van der Waals surface area contributed by atoms with Gasteiger partial charge in [-0.15, -0.1) is 0 Å². The Kier molecular flexibility index (Phi) is 17.4. The summed E-state index contributed by atoms with van der Waals surface area (Å²) in [5.74, 6) is -41.8. The monoisotopic (exact) mass is 784 g/mol. The van der Waals surface area contributed by atoms with Gasteiger partial charge in [-0.25, -0.2) is 0 Å². The molecule has 4 nitrogen and oxygen atoms in total. The molecule has 0 spiro atoms. The molecule has 0 aromatic rings. The molecule has 0 heterocycles. The smallest absolute Gasteiger partial charge is 0.355 e. The highest BCUT2D eigenvalue weighted by molar-refractivity contribution is 7.99. The molecule has 0 atom stereocenters. The van der Waals surface area contributed by atoms with Crippen molar-refractivity contribution in [3.63, 3.8) is 0 Å². The lowest BCUT2D eigenvalue weighted by atomic mass is 10.0. The summed E-state index contributed by atoms with van der Waals surface area (Å²) in [6.45, 7) is -0.322. The van der Waals surface area contributed by atoms with Crippen LogP contribution in [0.15, 0.2) is 0 Å². The fraction of sp³-hybridized carbons (Fsp3) is 0.917. The van der Waals surface area contributed by atoms with E-state index in [1.54, 1.807) is 0 Å².